The van der Waals surface area contributed by atoms with Gasteiger partial charge in [0.25, 0.3) is 0 Å². The molecule has 6 nitrogen and oxygen atoms in total. The highest BCUT2D eigenvalue weighted by Crippen LogP contribution is 2.62. The zero-order valence-electron chi connectivity index (χ0n) is 12.5. The van der Waals surface area contributed by atoms with E-state index in [1.54, 1.807) is 0 Å². The summed E-state index contributed by atoms with van der Waals surface area (Å²) in [4.78, 5) is 11.2. The highest BCUT2D eigenvalue weighted by Gasteiger charge is 2.57. The third-order valence-corrected chi connectivity index (χ3v) is 6.39. The number of carbonyl (C=O) groups excluding carboxylic acids is 1. The second-order valence-electron chi connectivity index (χ2n) is 7.56. The van der Waals surface area contributed by atoms with Gasteiger partial charge in [-0.05, 0) is 62.2 Å². The number of rotatable bonds is 5. The molecule has 4 fully saturated rings. The van der Waals surface area contributed by atoms with Crippen LogP contribution in [-0.2, 0) is 19.6 Å². The SMILES string of the molecule is O=C(OCCC12CC3CC(CC(O)(C3)C1)C2)C(F)(F)S(=O)(=O)O. The van der Waals surface area contributed by atoms with Gasteiger partial charge in [-0.3, -0.25) is 4.55 Å². The van der Waals surface area contributed by atoms with Crippen LogP contribution >= 0.6 is 0 Å². The van der Waals surface area contributed by atoms with Crippen LogP contribution in [0.5, 0.6) is 0 Å². The Kier molecular flexibility index (Phi) is 3.77. The summed E-state index contributed by atoms with van der Waals surface area (Å²) in [5, 5.41) is 5.62. The summed E-state index contributed by atoms with van der Waals surface area (Å²) >= 11 is 0. The lowest BCUT2D eigenvalue weighted by atomic mass is 9.47. The molecule has 0 spiro atoms. The Bertz CT molecular complexity index is 603. The van der Waals surface area contributed by atoms with Gasteiger partial charge in [-0.2, -0.15) is 17.2 Å². The zero-order valence-corrected chi connectivity index (χ0v) is 13.3. The fourth-order valence-electron chi connectivity index (χ4n) is 5.24. The number of hydrogen-bond acceptors (Lipinski definition) is 5. The molecular weight excluding hydrogens is 334 g/mol. The maximum atomic E-state index is 13.1. The predicted molar refractivity (Wildman–Crippen MR) is 74.1 cm³/mol. The normalized spacial score (nSPS) is 39.5. The van der Waals surface area contributed by atoms with Gasteiger partial charge >= 0.3 is 21.3 Å². The minimum absolute atomic E-state index is 0.230. The van der Waals surface area contributed by atoms with Crippen molar-refractivity contribution in [1.82, 2.24) is 0 Å². The molecule has 0 saturated heterocycles. The molecule has 4 bridgehead atoms. The third kappa shape index (κ3) is 2.98. The largest absolute Gasteiger partial charge is 0.465 e. The minimum Gasteiger partial charge on any atom is -0.460 e. The average molecular weight is 354 g/mol. The molecule has 0 aromatic carbocycles. The molecule has 4 aliphatic rings. The van der Waals surface area contributed by atoms with Crippen LogP contribution in [0.2, 0.25) is 0 Å². The van der Waals surface area contributed by atoms with Crippen molar-refractivity contribution in [1.29, 1.82) is 0 Å². The Hall–Kier alpha value is -0.800. The van der Waals surface area contributed by atoms with Crippen LogP contribution in [0, 0.1) is 17.3 Å². The van der Waals surface area contributed by atoms with Gasteiger partial charge < -0.3 is 9.84 Å². The van der Waals surface area contributed by atoms with Crippen LogP contribution in [-0.4, -0.2) is 41.5 Å². The lowest BCUT2D eigenvalue weighted by Crippen LogP contribution is -2.55. The molecule has 132 valence electrons. The number of halogens is 2. The summed E-state index contributed by atoms with van der Waals surface area (Å²) < 4.78 is 60.0. The third-order valence-electron chi connectivity index (χ3n) is 5.58. The van der Waals surface area contributed by atoms with Crippen molar-refractivity contribution in [3.05, 3.63) is 0 Å². The fourth-order valence-corrected chi connectivity index (χ4v) is 5.51. The van der Waals surface area contributed by atoms with Crippen molar-refractivity contribution in [3.8, 4) is 0 Å². The molecule has 0 aromatic rings. The van der Waals surface area contributed by atoms with Crippen molar-refractivity contribution >= 4 is 16.1 Å². The van der Waals surface area contributed by atoms with E-state index in [-0.39, 0.29) is 12.0 Å². The molecule has 2 N–H and O–H groups in total. The topological polar surface area (TPSA) is 101 Å². The fraction of sp³-hybridized carbons (Fsp3) is 0.929. The van der Waals surface area contributed by atoms with E-state index in [4.69, 9.17) is 4.55 Å². The molecule has 4 aliphatic carbocycles. The summed E-state index contributed by atoms with van der Waals surface area (Å²) in [6, 6.07) is 0. The first-order valence-electron chi connectivity index (χ1n) is 7.69. The summed E-state index contributed by atoms with van der Waals surface area (Å²) in [6.07, 6.45) is 5.24. The Balaban J connectivity index is 1.60. The van der Waals surface area contributed by atoms with Gasteiger partial charge in [0.15, 0.2) is 0 Å². The van der Waals surface area contributed by atoms with E-state index in [0.717, 1.165) is 32.1 Å². The van der Waals surface area contributed by atoms with E-state index in [1.165, 1.54) is 0 Å². The summed E-state index contributed by atoms with van der Waals surface area (Å²) in [5.74, 6) is -1.43. The van der Waals surface area contributed by atoms with Crippen LogP contribution in [0.4, 0.5) is 8.78 Å². The van der Waals surface area contributed by atoms with Gasteiger partial charge in [-0.15, -0.1) is 0 Å². The van der Waals surface area contributed by atoms with Crippen LogP contribution < -0.4 is 0 Å². The standard InChI is InChI=1S/C14H20F2O6S/c15-14(16,23(19,20)21)11(17)22-2-1-12-4-9-3-10(5-12)7-13(18,6-9)8-12/h9-10,18H,1-8H2,(H,19,20,21). The van der Waals surface area contributed by atoms with E-state index in [2.05, 4.69) is 4.74 Å². The minimum atomic E-state index is -5.83. The molecule has 9 heteroatoms. The first-order chi connectivity index (χ1) is 10.4. The Morgan fingerprint density at radius 1 is 1.22 bits per heavy atom. The number of alkyl halides is 2. The Labute approximate surface area is 132 Å². The van der Waals surface area contributed by atoms with Gasteiger partial charge in [0.1, 0.15) is 0 Å². The van der Waals surface area contributed by atoms with E-state index in [9.17, 15) is 27.1 Å². The first kappa shape index (κ1) is 17.0. The molecule has 2 unspecified atom stereocenters. The number of esters is 1. The van der Waals surface area contributed by atoms with E-state index in [0.29, 0.717) is 24.7 Å². The molecule has 0 aliphatic heterocycles. The maximum Gasteiger partial charge on any atom is 0.465 e. The Morgan fingerprint density at radius 2 is 1.78 bits per heavy atom. The first-order valence-corrected chi connectivity index (χ1v) is 9.13. The van der Waals surface area contributed by atoms with Crippen molar-refractivity contribution < 1.29 is 36.4 Å². The molecule has 0 radical (unpaired) electrons. The molecule has 0 heterocycles. The van der Waals surface area contributed by atoms with Crippen LogP contribution in [0.25, 0.3) is 0 Å². The summed E-state index contributed by atoms with van der Waals surface area (Å²) in [5.41, 5.74) is -0.932. The summed E-state index contributed by atoms with van der Waals surface area (Å²) in [6.45, 7) is -0.348. The smallest absolute Gasteiger partial charge is 0.460 e. The van der Waals surface area contributed by atoms with Gasteiger partial charge in [-0.1, -0.05) is 0 Å². The molecule has 2 atom stereocenters. The molecule has 4 rings (SSSR count). The van der Waals surface area contributed by atoms with Crippen molar-refractivity contribution in [2.45, 2.75) is 55.8 Å². The number of aliphatic hydroxyl groups is 1. The maximum absolute atomic E-state index is 13.1. The molecule has 23 heavy (non-hydrogen) atoms. The highest BCUT2D eigenvalue weighted by molar-refractivity contribution is 7.87. The molecule has 0 aromatic heterocycles. The van der Waals surface area contributed by atoms with Crippen LogP contribution in [0.3, 0.4) is 0 Å². The quantitative estimate of drug-likeness (QED) is 0.576. The van der Waals surface area contributed by atoms with E-state index < -0.39 is 26.9 Å². The van der Waals surface area contributed by atoms with Crippen LogP contribution in [0.1, 0.15) is 44.9 Å². The van der Waals surface area contributed by atoms with E-state index >= 15 is 0 Å². The Morgan fingerprint density at radius 3 is 2.26 bits per heavy atom. The van der Waals surface area contributed by atoms with Gasteiger partial charge in [0.2, 0.25) is 0 Å². The number of ether oxygens (including phenoxy) is 1. The van der Waals surface area contributed by atoms with Crippen molar-refractivity contribution in [2.24, 2.45) is 17.3 Å². The zero-order chi connectivity index (χ0) is 17.1. The monoisotopic (exact) mass is 354 g/mol. The predicted octanol–water partition coefficient (Wildman–Crippen LogP) is 1.73. The van der Waals surface area contributed by atoms with E-state index in [1.807, 2.05) is 0 Å². The van der Waals surface area contributed by atoms with Gasteiger partial charge in [0, 0.05) is 0 Å². The number of carbonyl (C=O) groups is 1. The lowest BCUT2D eigenvalue weighted by Gasteiger charge is -2.60. The molecule has 4 saturated carbocycles. The molecular formula is C14H20F2O6S. The number of hydrogen-bond donors (Lipinski definition) is 2. The van der Waals surface area contributed by atoms with Crippen LogP contribution in [0.15, 0.2) is 0 Å². The van der Waals surface area contributed by atoms with Gasteiger partial charge in [0.05, 0.1) is 12.2 Å². The molecule has 0 amide bonds. The van der Waals surface area contributed by atoms with Crippen molar-refractivity contribution in [3.63, 3.8) is 0 Å². The average Bonchev–Trinajstić information content (AvgIpc) is 2.33. The van der Waals surface area contributed by atoms with Crippen molar-refractivity contribution in [2.75, 3.05) is 6.61 Å². The lowest BCUT2D eigenvalue weighted by molar-refractivity contribution is -0.176. The highest BCUT2D eigenvalue weighted by atomic mass is 32.2. The summed E-state index contributed by atoms with van der Waals surface area (Å²) in [7, 11) is -5.83. The van der Waals surface area contributed by atoms with Gasteiger partial charge in [-0.25, -0.2) is 4.79 Å². The second kappa shape index (κ2) is 5.10. The second-order valence-corrected chi connectivity index (χ2v) is 9.03.